The number of non-ortho nitro benzene ring substituents is 1. The summed E-state index contributed by atoms with van der Waals surface area (Å²) in [6, 6.07) is 14.5. The predicted octanol–water partition coefficient (Wildman–Crippen LogP) is 5.31. The van der Waals surface area contributed by atoms with Gasteiger partial charge in [0.25, 0.3) is 5.69 Å². The van der Waals surface area contributed by atoms with Crippen LogP contribution in [0.5, 0.6) is 0 Å². The molecule has 3 aromatic rings. The number of nitriles is 1. The van der Waals surface area contributed by atoms with E-state index in [9.17, 15) is 15.4 Å². The minimum Gasteiger partial charge on any atom is -0.360 e. The summed E-state index contributed by atoms with van der Waals surface area (Å²) in [4.78, 5) is 15.0. The molecule has 3 rings (SSSR count). The minimum absolute atomic E-state index is 0.00890. The lowest BCUT2D eigenvalue weighted by Gasteiger charge is -2.06. The summed E-state index contributed by atoms with van der Waals surface area (Å²) < 4.78 is 0. The average molecular weight is 376 g/mol. The summed E-state index contributed by atoms with van der Waals surface area (Å²) in [7, 11) is 0. The maximum Gasteiger partial charge on any atom is 0.270 e. The van der Waals surface area contributed by atoms with Gasteiger partial charge in [-0.2, -0.15) is 5.26 Å². The highest BCUT2D eigenvalue weighted by Crippen LogP contribution is 2.28. The Morgan fingerprint density at radius 1 is 1.30 bits per heavy atom. The monoisotopic (exact) mass is 376 g/mol. The summed E-state index contributed by atoms with van der Waals surface area (Å²) >= 11 is 1.32. The van der Waals surface area contributed by atoms with Gasteiger partial charge in [0, 0.05) is 35.0 Å². The van der Waals surface area contributed by atoms with Gasteiger partial charge in [-0.3, -0.25) is 10.1 Å². The maximum absolute atomic E-state index is 10.9. The van der Waals surface area contributed by atoms with E-state index in [1.807, 2.05) is 26.0 Å². The molecular weight excluding hydrogens is 360 g/mol. The second-order valence-electron chi connectivity index (χ2n) is 5.98. The summed E-state index contributed by atoms with van der Waals surface area (Å²) in [5, 5.41) is 25.9. The van der Waals surface area contributed by atoms with E-state index in [1.165, 1.54) is 29.0 Å². The fraction of sp³-hybridized carbons (Fsp3) is 0.100. The highest BCUT2D eigenvalue weighted by atomic mass is 32.1. The molecule has 0 spiro atoms. The van der Waals surface area contributed by atoms with Crippen LogP contribution >= 0.6 is 11.3 Å². The number of rotatable bonds is 5. The van der Waals surface area contributed by atoms with Crippen molar-refractivity contribution in [2.75, 3.05) is 5.32 Å². The van der Waals surface area contributed by atoms with Crippen molar-refractivity contribution in [3.63, 3.8) is 0 Å². The van der Waals surface area contributed by atoms with E-state index in [0.29, 0.717) is 21.8 Å². The Hall–Kier alpha value is -3.50. The first-order valence-electron chi connectivity index (χ1n) is 8.12. The van der Waals surface area contributed by atoms with E-state index in [4.69, 9.17) is 0 Å². The molecular formula is C20H16N4O2S. The van der Waals surface area contributed by atoms with Crippen LogP contribution in [0.25, 0.3) is 16.8 Å². The highest BCUT2D eigenvalue weighted by molar-refractivity contribution is 7.11. The van der Waals surface area contributed by atoms with Gasteiger partial charge in [-0.05, 0) is 25.5 Å². The molecule has 0 bridgehead atoms. The standard InChI is InChI=1S/C20H16N4O2S/c1-13-6-7-18(14(2)8-13)22-11-16(10-21)20-23-19(12-27-20)15-4-3-5-17(9-15)24(25)26/h3-9,11-12,22H,1-2H3. The molecule has 6 nitrogen and oxygen atoms in total. The van der Waals surface area contributed by atoms with Gasteiger partial charge >= 0.3 is 0 Å². The smallest absolute Gasteiger partial charge is 0.270 e. The molecule has 0 aliphatic carbocycles. The molecule has 0 radical (unpaired) electrons. The number of nitrogens with zero attached hydrogens (tertiary/aromatic N) is 3. The molecule has 0 saturated heterocycles. The van der Waals surface area contributed by atoms with Crippen LogP contribution in [0.2, 0.25) is 0 Å². The summed E-state index contributed by atoms with van der Waals surface area (Å²) in [5.41, 5.74) is 4.83. The molecule has 0 fully saturated rings. The molecule has 0 saturated carbocycles. The van der Waals surface area contributed by atoms with Gasteiger partial charge in [-0.15, -0.1) is 11.3 Å². The number of allylic oxidation sites excluding steroid dienone is 1. The largest absolute Gasteiger partial charge is 0.360 e. The van der Waals surface area contributed by atoms with Crippen molar-refractivity contribution in [1.29, 1.82) is 5.26 Å². The molecule has 1 heterocycles. The van der Waals surface area contributed by atoms with Crippen LogP contribution < -0.4 is 5.32 Å². The van der Waals surface area contributed by atoms with Crippen LogP contribution in [0, 0.1) is 35.3 Å². The van der Waals surface area contributed by atoms with E-state index in [2.05, 4.69) is 22.4 Å². The lowest BCUT2D eigenvalue weighted by atomic mass is 10.1. The van der Waals surface area contributed by atoms with Crippen molar-refractivity contribution in [3.8, 4) is 17.3 Å². The van der Waals surface area contributed by atoms with Gasteiger partial charge in [0.2, 0.25) is 0 Å². The first kappa shape index (κ1) is 18.3. The highest BCUT2D eigenvalue weighted by Gasteiger charge is 2.12. The molecule has 2 aromatic carbocycles. The number of nitrogens with one attached hydrogen (secondary N) is 1. The summed E-state index contributed by atoms with van der Waals surface area (Å²) in [5.74, 6) is 0. The molecule has 7 heteroatoms. The van der Waals surface area contributed by atoms with Crippen LogP contribution in [-0.4, -0.2) is 9.91 Å². The lowest BCUT2D eigenvalue weighted by molar-refractivity contribution is -0.384. The van der Waals surface area contributed by atoms with E-state index in [0.717, 1.165) is 11.3 Å². The van der Waals surface area contributed by atoms with Crippen LogP contribution in [-0.2, 0) is 0 Å². The van der Waals surface area contributed by atoms with Crippen LogP contribution in [0.3, 0.4) is 0 Å². The zero-order valence-corrected chi connectivity index (χ0v) is 15.6. The fourth-order valence-corrected chi connectivity index (χ4v) is 3.37. The average Bonchev–Trinajstić information content (AvgIpc) is 3.14. The molecule has 0 atom stereocenters. The lowest BCUT2D eigenvalue weighted by Crippen LogP contribution is -1.94. The second-order valence-corrected chi connectivity index (χ2v) is 6.84. The zero-order chi connectivity index (χ0) is 19.4. The van der Waals surface area contributed by atoms with Crippen LogP contribution in [0.1, 0.15) is 16.1 Å². The Balaban J connectivity index is 1.86. The van der Waals surface area contributed by atoms with Gasteiger partial charge in [0.05, 0.1) is 10.6 Å². The molecule has 0 amide bonds. The Bertz CT molecular complexity index is 1080. The quantitative estimate of drug-likeness (QED) is 0.370. The number of thiazole rings is 1. The van der Waals surface area contributed by atoms with E-state index < -0.39 is 4.92 Å². The van der Waals surface area contributed by atoms with Gasteiger partial charge in [0.1, 0.15) is 16.6 Å². The first-order valence-corrected chi connectivity index (χ1v) is 9.00. The summed E-state index contributed by atoms with van der Waals surface area (Å²) in [6.07, 6.45) is 1.63. The van der Waals surface area contributed by atoms with Crippen molar-refractivity contribution in [1.82, 2.24) is 4.98 Å². The van der Waals surface area contributed by atoms with Gasteiger partial charge in [0.15, 0.2) is 0 Å². The predicted molar refractivity (Wildman–Crippen MR) is 107 cm³/mol. The minimum atomic E-state index is -0.439. The third-order valence-corrected chi connectivity index (χ3v) is 4.84. The van der Waals surface area contributed by atoms with Crippen LogP contribution in [0.4, 0.5) is 11.4 Å². The van der Waals surface area contributed by atoms with E-state index in [1.54, 1.807) is 23.7 Å². The normalized spacial score (nSPS) is 11.1. The van der Waals surface area contributed by atoms with Gasteiger partial charge < -0.3 is 5.32 Å². The number of hydrogen-bond donors (Lipinski definition) is 1. The van der Waals surface area contributed by atoms with E-state index in [-0.39, 0.29) is 5.69 Å². The number of anilines is 1. The Labute approximate surface area is 160 Å². The molecule has 1 aromatic heterocycles. The van der Waals surface area contributed by atoms with E-state index >= 15 is 0 Å². The third-order valence-electron chi connectivity index (χ3n) is 3.96. The zero-order valence-electron chi connectivity index (χ0n) is 14.8. The second kappa shape index (κ2) is 7.81. The molecule has 0 aliphatic heterocycles. The number of aryl methyl sites for hydroxylation is 2. The van der Waals surface area contributed by atoms with Crippen molar-refractivity contribution in [2.24, 2.45) is 0 Å². The number of nitro benzene ring substituents is 1. The number of nitro groups is 1. The Morgan fingerprint density at radius 2 is 2.11 bits per heavy atom. The molecule has 1 N–H and O–H groups in total. The molecule has 134 valence electrons. The Kier molecular flexibility index (Phi) is 5.29. The maximum atomic E-state index is 10.9. The van der Waals surface area contributed by atoms with Crippen molar-refractivity contribution in [2.45, 2.75) is 13.8 Å². The van der Waals surface area contributed by atoms with Gasteiger partial charge in [-0.25, -0.2) is 4.98 Å². The SMILES string of the molecule is Cc1ccc(NC=C(C#N)c2nc(-c3cccc([N+](=O)[O-])c3)cs2)c(C)c1. The molecule has 0 aliphatic rings. The number of hydrogen-bond acceptors (Lipinski definition) is 6. The van der Waals surface area contributed by atoms with Crippen molar-refractivity contribution < 1.29 is 4.92 Å². The fourth-order valence-electron chi connectivity index (χ4n) is 2.58. The van der Waals surface area contributed by atoms with Crippen molar-refractivity contribution >= 4 is 28.3 Å². The Morgan fingerprint density at radius 3 is 2.81 bits per heavy atom. The first-order chi connectivity index (χ1) is 13.0. The van der Waals surface area contributed by atoms with Crippen LogP contribution in [0.15, 0.2) is 54.0 Å². The third kappa shape index (κ3) is 4.19. The number of aromatic nitrogens is 1. The molecule has 27 heavy (non-hydrogen) atoms. The topological polar surface area (TPSA) is 91.8 Å². The van der Waals surface area contributed by atoms with Crippen molar-refractivity contribution in [3.05, 3.63) is 80.3 Å². The summed E-state index contributed by atoms with van der Waals surface area (Å²) in [6.45, 7) is 4.03. The van der Waals surface area contributed by atoms with Gasteiger partial charge in [-0.1, -0.05) is 29.8 Å². The molecule has 0 unspecified atom stereocenters. The number of benzene rings is 2.